The second-order valence-electron chi connectivity index (χ2n) is 6.76. The number of nitrogens with two attached hydrogens (primary N) is 1. The molecule has 0 unspecified atom stereocenters. The molecule has 2 saturated heterocycles. The van der Waals surface area contributed by atoms with Crippen LogP contribution in [0.5, 0.6) is 0 Å². The number of carbonyl (C=O) groups excluding carboxylic acids is 2. The van der Waals surface area contributed by atoms with E-state index < -0.39 is 0 Å². The molecule has 2 aliphatic rings. The lowest BCUT2D eigenvalue weighted by Gasteiger charge is -2.34. The van der Waals surface area contributed by atoms with E-state index in [1.807, 2.05) is 9.80 Å². The molecular formula is C18H24FN3O2. The maximum absolute atomic E-state index is 13.1. The first-order valence-corrected chi connectivity index (χ1v) is 8.61. The fourth-order valence-corrected chi connectivity index (χ4v) is 3.85. The van der Waals surface area contributed by atoms with Gasteiger partial charge in [0.15, 0.2) is 0 Å². The van der Waals surface area contributed by atoms with Gasteiger partial charge in [0.1, 0.15) is 5.82 Å². The Labute approximate surface area is 141 Å². The van der Waals surface area contributed by atoms with Gasteiger partial charge in [-0.05, 0) is 56.5 Å². The molecule has 0 radical (unpaired) electrons. The molecule has 0 bridgehead atoms. The molecule has 130 valence electrons. The van der Waals surface area contributed by atoms with E-state index in [1.165, 1.54) is 12.1 Å². The molecule has 5 nitrogen and oxygen atoms in total. The lowest BCUT2D eigenvalue weighted by Crippen LogP contribution is -2.44. The highest BCUT2D eigenvalue weighted by atomic mass is 19.1. The van der Waals surface area contributed by atoms with E-state index in [9.17, 15) is 14.0 Å². The van der Waals surface area contributed by atoms with Gasteiger partial charge in [0.2, 0.25) is 11.8 Å². The minimum atomic E-state index is -0.323. The lowest BCUT2D eigenvalue weighted by atomic mass is 9.94. The van der Waals surface area contributed by atoms with Crippen molar-refractivity contribution < 1.29 is 14.0 Å². The number of nitrogens with zero attached hydrogens (tertiary/aromatic N) is 2. The van der Waals surface area contributed by atoms with E-state index in [-0.39, 0.29) is 36.1 Å². The molecule has 2 N–H and O–H groups in total. The molecule has 0 aromatic heterocycles. The molecule has 24 heavy (non-hydrogen) atoms. The second kappa shape index (κ2) is 7.30. The van der Waals surface area contributed by atoms with Gasteiger partial charge in [0.05, 0.1) is 12.6 Å². The highest BCUT2D eigenvalue weighted by Gasteiger charge is 2.35. The molecule has 2 amide bonds. The first-order chi connectivity index (χ1) is 11.5. The number of hydrogen-bond donors (Lipinski definition) is 1. The predicted molar refractivity (Wildman–Crippen MR) is 88.4 cm³/mol. The summed E-state index contributed by atoms with van der Waals surface area (Å²) in [5.41, 5.74) is 6.24. The van der Waals surface area contributed by atoms with Crippen LogP contribution in [0.1, 0.15) is 37.3 Å². The number of halogens is 1. The Morgan fingerprint density at radius 3 is 2.38 bits per heavy atom. The number of likely N-dealkylation sites (tertiary alicyclic amines) is 2. The summed E-state index contributed by atoms with van der Waals surface area (Å²) in [6, 6.07) is 6.53. The molecule has 2 heterocycles. The van der Waals surface area contributed by atoms with Crippen LogP contribution in [0.4, 0.5) is 4.39 Å². The topological polar surface area (TPSA) is 66.6 Å². The Morgan fingerprint density at radius 2 is 1.75 bits per heavy atom. The first-order valence-electron chi connectivity index (χ1n) is 8.61. The summed E-state index contributed by atoms with van der Waals surface area (Å²) in [5.74, 6) is -0.372. The predicted octanol–water partition coefficient (Wildman–Crippen LogP) is 1.69. The third-order valence-electron chi connectivity index (χ3n) is 5.11. The molecule has 2 fully saturated rings. The molecule has 3 rings (SSSR count). The monoisotopic (exact) mass is 333 g/mol. The van der Waals surface area contributed by atoms with Crippen LogP contribution in [0.25, 0.3) is 0 Å². The molecule has 6 heteroatoms. The fraction of sp³-hybridized carbons (Fsp3) is 0.556. The third kappa shape index (κ3) is 3.75. The van der Waals surface area contributed by atoms with Crippen LogP contribution >= 0.6 is 0 Å². The van der Waals surface area contributed by atoms with E-state index >= 15 is 0 Å². The normalized spacial score (nSPS) is 22.7. The number of carbonyl (C=O) groups is 2. The van der Waals surface area contributed by atoms with E-state index in [2.05, 4.69) is 0 Å². The summed E-state index contributed by atoms with van der Waals surface area (Å²) < 4.78 is 13.1. The smallest absolute Gasteiger partial charge is 0.231 e. The number of piperidine rings is 1. The van der Waals surface area contributed by atoms with Crippen LogP contribution in [-0.4, -0.2) is 47.8 Å². The first kappa shape index (κ1) is 16.9. The van der Waals surface area contributed by atoms with Gasteiger partial charge in [-0.15, -0.1) is 0 Å². The van der Waals surface area contributed by atoms with Crippen LogP contribution in [-0.2, 0) is 9.59 Å². The fourth-order valence-electron chi connectivity index (χ4n) is 3.85. The Morgan fingerprint density at radius 1 is 1.08 bits per heavy atom. The number of amides is 2. The van der Waals surface area contributed by atoms with Gasteiger partial charge in [-0.3, -0.25) is 14.5 Å². The SMILES string of the molecule is NC(=O)CN1CCC(C(=O)N2CCC[C@H]2c2ccc(F)cc2)CC1. The van der Waals surface area contributed by atoms with Gasteiger partial charge in [-0.25, -0.2) is 4.39 Å². The van der Waals surface area contributed by atoms with E-state index in [0.717, 1.165) is 50.9 Å². The molecular weight excluding hydrogens is 309 g/mol. The van der Waals surface area contributed by atoms with Crippen LogP contribution in [0.2, 0.25) is 0 Å². The third-order valence-corrected chi connectivity index (χ3v) is 5.11. The van der Waals surface area contributed by atoms with Crippen molar-refractivity contribution in [1.29, 1.82) is 0 Å². The Bertz CT molecular complexity index is 597. The van der Waals surface area contributed by atoms with Crippen LogP contribution in [0.3, 0.4) is 0 Å². The van der Waals surface area contributed by atoms with E-state index in [4.69, 9.17) is 5.73 Å². The highest BCUT2D eigenvalue weighted by Crippen LogP contribution is 2.34. The van der Waals surface area contributed by atoms with Crippen LogP contribution in [0, 0.1) is 11.7 Å². The molecule has 1 aromatic carbocycles. The average molecular weight is 333 g/mol. The minimum absolute atomic E-state index is 0.00942. The number of hydrogen-bond acceptors (Lipinski definition) is 3. The van der Waals surface area contributed by atoms with Gasteiger partial charge in [0, 0.05) is 12.5 Å². The van der Waals surface area contributed by atoms with E-state index in [0.29, 0.717) is 0 Å². The van der Waals surface area contributed by atoms with Gasteiger partial charge in [-0.2, -0.15) is 0 Å². The quantitative estimate of drug-likeness (QED) is 0.912. The van der Waals surface area contributed by atoms with Crippen molar-refractivity contribution in [2.45, 2.75) is 31.7 Å². The van der Waals surface area contributed by atoms with Crippen molar-refractivity contribution in [3.63, 3.8) is 0 Å². The minimum Gasteiger partial charge on any atom is -0.369 e. The van der Waals surface area contributed by atoms with E-state index in [1.54, 1.807) is 12.1 Å². The van der Waals surface area contributed by atoms with Crippen molar-refractivity contribution in [3.8, 4) is 0 Å². The van der Waals surface area contributed by atoms with Gasteiger partial charge < -0.3 is 10.6 Å². The summed E-state index contributed by atoms with van der Waals surface area (Å²) in [6.07, 6.45) is 3.43. The molecule has 2 aliphatic heterocycles. The van der Waals surface area contributed by atoms with Gasteiger partial charge >= 0.3 is 0 Å². The summed E-state index contributed by atoms with van der Waals surface area (Å²) in [5, 5.41) is 0. The van der Waals surface area contributed by atoms with Crippen molar-refractivity contribution in [3.05, 3.63) is 35.6 Å². The average Bonchev–Trinajstić information content (AvgIpc) is 3.04. The maximum atomic E-state index is 13.1. The summed E-state index contributed by atoms with van der Waals surface area (Å²) in [4.78, 5) is 27.9. The van der Waals surface area contributed by atoms with Crippen LogP contribution < -0.4 is 5.73 Å². The zero-order valence-electron chi connectivity index (χ0n) is 13.8. The van der Waals surface area contributed by atoms with Crippen molar-refractivity contribution in [1.82, 2.24) is 9.80 Å². The summed E-state index contributed by atoms with van der Waals surface area (Å²) in [7, 11) is 0. The Kier molecular flexibility index (Phi) is 5.14. The number of benzene rings is 1. The van der Waals surface area contributed by atoms with Crippen molar-refractivity contribution in [2.75, 3.05) is 26.2 Å². The molecule has 1 atom stereocenters. The zero-order chi connectivity index (χ0) is 17.1. The number of primary amides is 1. The molecule has 0 saturated carbocycles. The number of rotatable bonds is 4. The largest absolute Gasteiger partial charge is 0.369 e. The van der Waals surface area contributed by atoms with Crippen LogP contribution in [0.15, 0.2) is 24.3 Å². The summed E-state index contributed by atoms with van der Waals surface area (Å²) >= 11 is 0. The standard InChI is InChI=1S/C18H24FN3O2/c19-15-5-3-13(4-6-15)16-2-1-9-22(16)18(24)14-7-10-21(11-8-14)12-17(20)23/h3-6,14,16H,1-2,7-12H2,(H2,20,23)/t16-/m0/s1. The highest BCUT2D eigenvalue weighted by molar-refractivity contribution is 5.80. The maximum Gasteiger partial charge on any atom is 0.231 e. The lowest BCUT2D eigenvalue weighted by molar-refractivity contribution is -0.138. The zero-order valence-corrected chi connectivity index (χ0v) is 13.8. The second-order valence-corrected chi connectivity index (χ2v) is 6.76. The van der Waals surface area contributed by atoms with Gasteiger partial charge in [-0.1, -0.05) is 12.1 Å². The van der Waals surface area contributed by atoms with Crippen molar-refractivity contribution in [2.24, 2.45) is 11.7 Å². The molecule has 1 aromatic rings. The molecule has 0 aliphatic carbocycles. The Balaban J connectivity index is 1.62. The van der Waals surface area contributed by atoms with Gasteiger partial charge in [0.25, 0.3) is 0 Å². The van der Waals surface area contributed by atoms with Crippen molar-refractivity contribution >= 4 is 11.8 Å². The summed E-state index contributed by atoms with van der Waals surface area (Å²) in [6.45, 7) is 2.49. The molecule has 0 spiro atoms. The Hall–Kier alpha value is -1.95.